The summed E-state index contributed by atoms with van der Waals surface area (Å²) in [6.45, 7) is 12.1. The zero-order chi connectivity index (χ0) is 13.4. The summed E-state index contributed by atoms with van der Waals surface area (Å²) >= 11 is 0. The average Bonchev–Trinajstić information content (AvgIpc) is 2.43. The van der Waals surface area contributed by atoms with Crippen LogP contribution in [-0.4, -0.2) is 0 Å². The minimum absolute atomic E-state index is 0.831. The lowest BCUT2D eigenvalue weighted by Gasteiger charge is -2.32. The van der Waals surface area contributed by atoms with E-state index in [9.17, 15) is 0 Å². The highest BCUT2D eigenvalue weighted by atomic mass is 14.3. The molecule has 1 fully saturated rings. The van der Waals surface area contributed by atoms with E-state index in [4.69, 9.17) is 0 Å². The molecule has 0 bridgehead atoms. The summed E-state index contributed by atoms with van der Waals surface area (Å²) in [7, 11) is 0. The van der Waals surface area contributed by atoms with Crippen molar-refractivity contribution in [1.29, 1.82) is 0 Å². The third-order valence-corrected chi connectivity index (χ3v) is 4.44. The molecule has 0 N–H and O–H groups in total. The van der Waals surface area contributed by atoms with Gasteiger partial charge in [-0.15, -0.1) is 11.5 Å². The Morgan fingerprint density at radius 3 is 1.56 bits per heavy atom. The van der Waals surface area contributed by atoms with E-state index < -0.39 is 0 Å². The van der Waals surface area contributed by atoms with Gasteiger partial charge in [-0.3, -0.25) is 0 Å². The van der Waals surface area contributed by atoms with E-state index in [2.05, 4.69) is 38.5 Å². The monoisotopic (exact) mass is 244 g/mol. The van der Waals surface area contributed by atoms with E-state index in [0.29, 0.717) is 0 Å². The van der Waals surface area contributed by atoms with Gasteiger partial charge < -0.3 is 0 Å². The van der Waals surface area contributed by atoms with E-state index in [1.54, 1.807) is 0 Å². The molecule has 1 aliphatic rings. The van der Waals surface area contributed by atoms with Crippen molar-refractivity contribution in [2.45, 2.75) is 65.2 Å². The molecule has 1 saturated carbocycles. The lowest BCUT2D eigenvalue weighted by molar-refractivity contribution is 0.231. The molecule has 0 radical (unpaired) electrons. The van der Waals surface area contributed by atoms with E-state index in [1.165, 1.54) is 49.7 Å². The molecule has 0 aliphatic heterocycles. The zero-order valence-electron chi connectivity index (χ0n) is 12.2. The predicted molar refractivity (Wildman–Crippen MR) is 80.6 cm³/mol. The van der Waals surface area contributed by atoms with Gasteiger partial charge in [-0.2, -0.15) is 0 Å². The van der Waals surface area contributed by atoms with Crippen LogP contribution in [-0.2, 0) is 0 Å². The Bertz CT molecular complexity index is 312. The van der Waals surface area contributed by atoms with Crippen LogP contribution in [0.1, 0.15) is 65.2 Å². The van der Waals surface area contributed by atoms with Crippen molar-refractivity contribution >= 4 is 0 Å². The highest BCUT2D eigenvalue weighted by Crippen LogP contribution is 2.38. The van der Waals surface area contributed by atoms with Crippen molar-refractivity contribution in [3.05, 3.63) is 35.8 Å². The Hall–Kier alpha value is -0.960. The van der Waals surface area contributed by atoms with Crippen LogP contribution in [0.25, 0.3) is 0 Å². The van der Waals surface area contributed by atoms with Crippen LogP contribution in [0, 0.1) is 11.8 Å². The Morgan fingerprint density at radius 2 is 1.28 bits per heavy atom. The lowest BCUT2D eigenvalue weighted by Crippen LogP contribution is -2.20. The summed E-state index contributed by atoms with van der Waals surface area (Å²) < 4.78 is 0. The smallest absolute Gasteiger partial charge is 0.0213 e. The molecule has 2 atom stereocenters. The maximum Gasteiger partial charge on any atom is -0.0213 e. The molecule has 1 aliphatic carbocycles. The predicted octanol–water partition coefficient (Wildman–Crippen LogP) is 5.82. The number of allylic oxidation sites excluding steroid dienone is 2. The van der Waals surface area contributed by atoms with Crippen molar-refractivity contribution in [1.82, 2.24) is 0 Å². The second-order valence-electron chi connectivity index (χ2n) is 5.48. The second kappa shape index (κ2) is 8.20. The fourth-order valence-corrected chi connectivity index (χ4v) is 3.14. The van der Waals surface area contributed by atoms with Gasteiger partial charge in [0, 0.05) is 0 Å². The van der Waals surface area contributed by atoms with Gasteiger partial charge in [0.15, 0.2) is 0 Å². The highest BCUT2D eigenvalue weighted by Gasteiger charge is 2.25. The van der Waals surface area contributed by atoms with E-state index in [0.717, 1.165) is 24.7 Å². The second-order valence-corrected chi connectivity index (χ2v) is 5.48. The molecule has 0 saturated heterocycles. The van der Waals surface area contributed by atoms with Crippen LogP contribution in [0.15, 0.2) is 35.8 Å². The molecular weight excluding hydrogens is 216 g/mol. The molecule has 0 heterocycles. The largest absolute Gasteiger partial charge is 0.130 e. The van der Waals surface area contributed by atoms with Gasteiger partial charge in [-0.1, -0.05) is 39.8 Å². The van der Waals surface area contributed by atoms with Gasteiger partial charge in [-0.05, 0) is 61.5 Å². The van der Waals surface area contributed by atoms with Crippen LogP contribution < -0.4 is 0 Å². The summed E-state index contributed by atoms with van der Waals surface area (Å²) in [5.74, 6) is 1.66. The Labute approximate surface area is 113 Å². The molecule has 0 aromatic rings. The first-order chi connectivity index (χ1) is 8.74. The maximum atomic E-state index is 3.83. The summed E-state index contributed by atoms with van der Waals surface area (Å²) in [6.07, 6.45) is 10.2. The zero-order valence-corrected chi connectivity index (χ0v) is 12.2. The third-order valence-electron chi connectivity index (χ3n) is 4.44. The molecule has 0 unspecified atom stereocenters. The molecular formula is C18H28. The van der Waals surface area contributed by atoms with E-state index in [-0.39, 0.29) is 0 Å². The molecule has 0 amide bonds. The van der Waals surface area contributed by atoms with Gasteiger partial charge in [0.1, 0.15) is 0 Å². The number of hydrogen-bond acceptors (Lipinski definition) is 0. The first-order valence-electron chi connectivity index (χ1n) is 7.50. The van der Waals surface area contributed by atoms with Gasteiger partial charge in [-0.25, -0.2) is 0 Å². The molecule has 18 heavy (non-hydrogen) atoms. The van der Waals surface area contributed by atoms with Gasteiger partial charge in [0.25, 0.3) is 0 Å². The van der Waals surface area contributed by atoms with Crippen molar-refractivity contribution < 1.29 is 0 Å². The summed E-state index contributed by atoms with van der Waals surface area (Å²) in [6, 6.07) is 0. The summed E-state index contributed by atoms with van der Waals surface area (Å²) in [4.78, 5) is 0. The standard InChI is InChI=1S/C18H28/c1-5-15(6-2)13-17-11-9-10-12-18(17)14-16(7-3)8-4/h17-18H,1,3,6,8-14H2,2,4H3/t17-,18+. The molecule has 0 aromatic carbocycles. The maximum absolute atomic E-state index is 3.83. The third kappa shape index (κ3) is 4.37. The Kier molecular flexibility index (Phi) is 6.88. The first kappa shape index (κ1) is 15.1. The van der Waals surface area contributed by atoms with Gasteiger partial charge >= 0.3 is 0 Å². The average molecular weight is 244 g/mol. The molecule has 0 heteroatoms. The summed E-state index contributed by atoms with van der Waals surface area (Å²) in [5.41, 5.74) is 9.09. The topological polar surface area (TPSA) is 0 Å². The van der Waals surface area contributed by atoms with Crippen molar-refractivity contribution in [2.75, 3.05) is 0 Å². The SMILES string of the molecule is C=C=C(CC)C[C@H]1CCCC[C@H]1CC(=C=C)CC. The van der Waals surface area contributed by atoms with Crippen molar-refractivity contribution in [3.63, 3.8) is 0 Å². The molecule has 0 spiro atoms. The Balaban J connectivity index is 2.67. The molecule has 1 rings (SSSR count). The van der Waals surface area contributed by atoms with Gasteiger partial charge in [0.2, 0.25) is 0 Å². The molecule has 0 nitrogen and oxygen atoms in total. The fraction of sp³-hybridized carbons (Fsp3) is 0.667. The quantitative estimate of drug-likeness (QED) is 0.517. The Morgan fingerprint density at radius 1 is 0.889 bits per heavy atom. The van der Waals surface area contributed by atoms with Crippen LogP contribution in [0.4, 0.5) is 0 Å². The van der Waals surface area contributed by atoms with Crippen LogP contribution in [0.3, 0.4) is 0 Å². The van der Waals surface area contributed by atoms with Crippen LogP contribution in [0.5, 0.6) is 0 Å². The normalized spacial score (nSPS) is 23.0. The molecule has 100 valence electrons. The van der Waals surface area contributed by atoms with E-state index >= 15 is 0 Å². The number of rotatable bonds is 6. The van der Waals surface area contributed by atoms with Gasteiger partial charge in [0.05, 0.1) is 0 Å². The molecule has 0 aromatic heterocycles. The number of hydrogen-bond donors (Lipinski definition) is 0. The summed E-state index contributed by atoms with van der Waals surface area (Å²) in [5, 5.41) is 0. The van der Waals surface area contributed by atoms with E-state index in [1.807, 2.05) is 0 Å². The van der Waals surface area contributed by atoms with Crippen LogP contribution in [0.2, 0.25) is 0 Å². The minimum Gasteiger partial charge on any atom is -0.130 e. The van der Waals surface area contributed by atoms with Crippen molar-refractivity contribution in [2.24, 2.45) is 11.8 Å². The minimum atomic E-state index is 0.831. The highest BCUT2D eigenvalue weighted by molar-refractivity contribution is 5.04. The first-order valence-corrected chi connectivity index (χ1v) is 7.50. The lowest BCUT2D eigenvalue weighted by atomic mass is 9.73. The van der Waals surface area contributed by atoms with Crippen LogP contribution >= 0.6 is 0 Å². The van der Waals surface area contributed by atoms with Crippen molar-refractivity contribution in [3.8, 4) is 0 Å². The fourth-order valence-electron chi connectivity index (χ4n) is 3.14.